The van der Waals surface area contributed by atoms with E-state index in [0.717, 1.165) is 24.2 Å². The number of carbonyl (C=O) groups excluding carboxylic acids is 1. The topological polar surface area (TPSA) is 64.9 Å². The van der Waals surface area contributed by atoms with Crippen molar-refractivity contribution in [3.63, 3.8) is 0 Å². The molecular formula is C25H35F2N3O3. The number of rotatable bonds is 6. The molecule has 0 atom stereocenters. The number of nitrogens with one attached hydrogen (secondary N) is 1. The zero-order chi connectivity index (χ0) is 26.3. The Hall–Kier alpha value is -2.06. The molecule has 0 radical (unpaired) electrons. The highest BCUT2D eigenvalue weighted by atomic mass is 19.3. The van der Waals surface area contributed by atoms with Gasteiger partial charge in [-0.3, -0.25) is 4.79 Å². The van der Waals surface area contributed by atoms with Crippen LogP contribution in [0, 0.1) is 12.8 Å². The fourth-order valence-electron chi connectivity index (χ4n) is 4.97. The van der Waals surface area contributed by atoms with E-state index in [1.165, 1.54) is 0 Å². The van der Waals surface area contributed by atoms with Crippen molar-refractivity contribution < 1.29 is 27.2 Å². The number of fused-ring (bicyclic) bond motifs is 1. The average molecular weight is 467 g/mol. The summed E-state index contributed by atoms with van der Waals surface area (Å²) in [5.41, 5.74) is 1.64. The molecule has 182 valence electrons. The summed E-state index contributed by atoms with van der Waals surface area (Å²) in [5.74, 6) is -2.82. The van der Waals surface area contributed by atoms with E-state index < -0.39 is 18.6 Å². The van der Waals surface area contributed by atoms with Crippen LogP contribution in [0.25, 0.3) is 5.65 Å². The van der Waals surface area contributed by atoms with E-state index in [9.17, 15) is 13.6 Å². The smallest absolute Gasteiger partial charge is 0.251 e. The number of nitrogens with zero attached hydrogens (tertiary/aromatic N) is 2. The van der Waals surface area contributed by atoms with Gasteiger partial charge in [0.2, 0.25) is 5.92 Å². The lowest BCUT2D eigenvalue weighted by atomic mass is 9.83. The van der Waals surface area contributed by atoms with E-state index in [2.05, 4.69) is 5.32 Å². The summed E-state index contributed by atoms with van der Waals surface area (Å²) in [4.78, 5) is 17.8. The molecule has 6 nitrogen and oxygen atoms in total. The molecule has 1 aliphatic heterocycles. The van der Waals surface area contributed by atoms with Gasteiger partial charge in [-0.25, -0.2) is 13.8 Å². The van der Waals surface area contributed by atoms with Gasteiger partial charge in [0.1, 0.15) is 11.2 Å². The van der Waals surface area contributed by atoms with Crippen molar-refractivity contribution in [2.75, 3.05) is 20.3 Å². The fraction of sp³-hybridized carbons (Fsp3) is 0.680. The summed E-state index contributed by atoms with van der Waals surface area (Å²) >= 11 is 0. The minimum atomic E-state index is -2.65. The number of aryl methyl sites for hydroxylation is 1. The van der Waals surface area contributed by atoms with Crippen LogP contribution >= 0.6 is 0 Å². The number of aromatic nitrogens is 2. The number of alkyl halides is 2. The molecule has 0 spiro atoms. The monoisotopic (exact) mass is 466 g/mol. The SMILES string of the molecule is [2H]C([2H])([2H])OC(C)(C)c1nc2cc(C(=O)NC3CCOCC3)cc(C)n2c1CC1CCC(F)(F)CC1. The van der Waals surface area contributed by atoms with Crippen molar-refractivity contribution in [2.24, 2.45) is 5.92 Å². The van der Waals surface area contributed by atoms with Crippen molar-refractivity contribution in [1.29, 1.82) is 0 Å². The Morgan fingerprint density at radius 2 is 2.00 bits per heavy atom. The Morgan fingerprint density at radius 3 is 2.67 bits per heavy atom. The van der Waals surface area contributed by atoms with Gasteiger partial charge in [-0.15, -0.1) is 0 Å². The third kappa shape index (κ3) is 5.22. The van der Waals surface area contributed by atoms with Crippen LogP contribution in [0.2, 0.25) is 0 Å². The second-order valence-electron chi connectivity index (χ2n) is 9.96. The highest BCUT2D eigenvalue weighted by molar-refractivity contribution is 5.95. The van der Waals surface area contributed by atoms with Gasteiger partial charge in [-0.05, 0) is 70.9 Å². The molecule has 0 bridgehead atoms. The number of amides is 1. The van der Waals surface area contributed by atoms with Crippen molar-refractivity contribution in [1.82, 2.24) is 14.7 Å². The van der Waals surface area contributed by atoms with E-state index in [0.29, 0.717) is 49.4 Å². The largest absolute Gasteiger partial charge is 0.381 e. The standard InChI is InChI=1S/C25H35F2N3O3/c1-16-13-18(23(31)28-19-7-11-33-12-8-19)15-21-29-22(24(2,3)32-4)20(30(16)21)14-17-5-9-25(26,27)10-6-17/h13,15,17,19H,5-12,14H2,1-4H3,(H,28,31)/i4D3. The molecule has 8 heteroatoms. The second kappa shape index (κ2) is 9.29. The van der Waals surface area contributed by atoms with E-state index in [4.69, 9.17) is 18.6 Å². The molecule has 0 unspecified atom stereocenters. The molecule has 2 aromatic heterocycles. The third-order valence-corrected chi connectivity index (χ3v) is 6.96. The van der Waals surface area contributed by atoms with E-state index in [1.807, 2.05) is 11.3 Å². The molecule has 4 rings (SSSR count). The van der Waals surface area contributed by atoms with Gasteiger partial charge in [-0.2, -0.15) is 0 Å². The van der Waals surface area contributed by atoms with Crippen LogP contribution in [0.3, 0.4) is 0 Å². The number of pyridine rings is 1. The van der Waals surface area contributed by atoms with Crippen molar-refractivity contribution in [3.05, 3.63) is 34.8 Å². The molecule has 2 fully saturated rings. The van der Waals surface area contributed by atoms with Gasteiger partial charge in [-0.1, -0.05) is 0 Å². The Balaban J connectivity index is 1.71. The molecule has 1 saturated carbocycles. The maximum absolute atomic E-state index is 13.8. The average Bonchev–Trinajstić information content (AvgIpc) is 3.14. The summed E-state index contributed by atoms with van der Waals surface area (Å²) in [6.07, 6.45) is 2.42. The third-order valence-electron chi connectivity index (χ3n) is 6.96. The molecule has 0 aromatic carbocycles. The lowest BCUT2D eigenvalue weighted by Gasteiger charge is -2.29. The van der Waals surface area contributed by atoms with Crippen molar-refractivity contribution >= 4 is 11.6 Å². The number of methoxy groups -OCH3 is 1. The normalized spacial score (nSPS) is 22.0. The number of hydrogen-bond donors (Lipinski definition) is 1. The quantitative estimate of drug-likeness (QED) is 0.664. The summed E-state index contributed by atoms with van der Waals surface area (Å²) in [6.45, 7) is 6.38. The molecular weight excluding hydrogens is 428 g/mol. The van der Waals surface area contributed by atoms with Gasteiger partial charge in [0.05, 0.1) is 9.81 Å². The zero-order valence-electron chi connectivity index (χ0n) is 22.5. The predicted octanol–water partition coefficient (Wildman–Crippen LogP) is 4.80. The maximum Gasteiger partial charge on any atom is 0.251 e. The lowest BCUT2D eigenvalue weighted by Crippen LogP contribution is -2.38. The van der Waals surface area contributed by atoms with E-state index in [1.54, 1.807) is 26.0 Å². The maximum atomic E-state index is 13.8. The Labute approximate surface area is 198 Å². The molecule has 3 heterocycles. The summed E-state index contributed by atoms with van der Waals surface area (Å²) in [6, 6.07) is 3.52. The highest BCUT2D eigenvalue weighted by Gasteiger charge is 2.37. The molecule has 1 N–H and O–H groups in total. The first-order valence-corrected chi connectivity index (χ1v) is 11.7. The van der Waals surface area contributed by atoms with Gasteiger partial charge in [0.15, 0.2) is 0 Å². The zero-order valence-corrected chi connectivity index (χ0v) is 19.5. The van der Waals surface area contributed by atoms with Crippen LogP contribution in [-0.4, -0.2) is 47.5 Å². The van der Waals surface area contributed by atoms with Crippen LogP contribution in [0.15, 0.2) is 12.1 Å². The van der Waals surface area contributed by atoms with Crippen molar-refractivity contribution in [2.45, 2.75) is 83.3 Å². The summed E-state index contributed by atoms with van der Waals surface area (Å²) < 4.78 is 63.1. The first-order chi connectivity index (χ1) is 16.7. The second-order valence-corrected chi connectivity index (χ2v) is 9.96. The van der Waals surface area contributed by atoms with Crippen LogP contribution in [0.4, 0.5) is 8.78 Å². The van der Waals surface area contributed by atoms with Crippen LogP contribution in [0.5, 0.6) is 0 Å². The minimum absolute atomic E-state index is 0.0164. The predicted molar refractivity (Wildman–Crippen MR) is 122 cm³/mol. The van der Waals surface area contributed by atoms with Crippen LogP contribution < -0.4 is 5.32 Å². The molecule has 1 saturated heterocycles. The molecule has 2 aliphatic rings. The Morgan fingerprint density at radius 1 is 1.30 bits per heavy atom. The summed E-state index contributed by atoms with van der Waals surface area (Å²) in [5, 5.41) is 3.06. The van der Waals surface area contributed by atoms with Crippen LogP contribution in [-0.2, 0) is 21.5 Å². The Bertz CT molecular complexity index is 1100. The first-order valence-electron chi connectivity index (χ1n) is 13.2. The highest BCUT2D eigenvalue weighted by Crippen LogP contribution is 2.39. The van der Waals surface area contributed by atoms with Gasteiger partial charge < -0.3 is 19.2 Å². The van der Waals surface area contributed by atoms with Gasteiger partial charge >= 0.3 is 0 Å². The van der Waals surface area contributed by atoms with Gasteiger partial charge in [0.25, 0.3) is 5.91 Å². The molecule has 2 aromatic rings. The fourth-order valence-corrected chi connectivity index (χ4v) is 4.97. The van der Waals surface area contributed by atoms with Gasteiger partial charge in [0, 0.05) is 56.1 Å². The summed E-state index contributed by atoms with van der Waals surface area (Å²) in [7, 11) is -2.65. The van der Waals surface area contributed by atoms with Crippen molar-refractivity contribution in [3.8, 4) is 0 Å². The van der Waals surface area contributed by atoms with Crippen LogP contribution in [0.1, 0.15) is 83.9 Å². The Kier molecular flexibility index (Phi) is 5.72. The number of carbonyl (C=O) groups is 1. The number of imidazole rings is 1. The lowest BCUT2D eigenvalue weighted by molar-refractivity contribution is -0.0459. The van der Waals surface area contributed by atoms with E-state index in [-0.39, 0.29) is 30.7 Å². The molecule has 1 amide bonds. The van der Waals surface area contributed by atoms with E-state index >= 15 is 0 Å². The number of halogens is 2. The number of ether oxygens (including phenoxy) is 2. The minimum Gasteiger partial charge on any atom is -0.381 e. The number of hydrogen-bond acceptors (Lipinski definition) is 4. The first kappa shape index (κ1) is 20.3. The molecule has 1 aliphatic carbocycles. The molecule has 33 heavy (non-hydrogen) atoms.